The molecule has 0 bridgehead atoms. The highest BCUT2D eigenvalue weighted by molar-refractivity contribution is 6.00. The van der Waals surface area contributed by atoms with Crippen LogP contribution in [0.3, 0.4) is 0 Å². The van der Waals surface area contributed by atoms with Crippen molar-refractivity contribution >= 4 is 29.4 Å². The summed E-state index contributed by atoms with van der Waals surface area (Å²) in [7, 11) is 2.44. The number of methoxy groups -OCH3 is 2. The Morgan fingerprint density at radius 3 is 2.17 bits per heavy atom. The fourth-order valence-electron chi connectivity index (χ4n) is 3.84. The molecule has 29 heavy (non-hydrogen) atoms. The number of piperazine rings is 1. The summed E-state index contributed by atoms with van der Waals surface area (Å²) in [4.78, 5) is 48.6. The molecule has 9 heteroatoms. The molecule has 2 fully saturated rings. The number of ether oxygens (including phenoxy) is 2. The first-order chi connectivity index (χ1) is 13.9. The monoisotopic (exact) mass is 403 g/mol. The molecule has 3 rings (SSSR count). The van der Waals surface area contributed by atoms with Crippen LogP contribution >= 0.6 is 0 Å². The number of hydrogen-bond donors (Lipinski definition) is 3. The Morgan fingerprint density at radius 2 is 1.59 bits per heavy atom. The minimum absolute atomic E-state index is 0.0644. The molecule has 1 saturated carbocycles. The van der Waals surface area contributed by atoms with E-state index in [1.54, 1.807) is 0 Å². The van der Waals surface area contributed by atoms with Gasteiger partial charge in [0, 0.05) is 17.8 Å². The lowest BCUT2D eigenvalue weighted by molar-refractivity contribution is -0.129. The molecule has 2 aliphatic rings. The lowest BCUT2D eigenvalue weighted by Gasteiger charge is -2.40. The van der Waals surface area contributed by atoms with Crippen molar-refractivity contribution in [2.75, 3.05) is 19.5 Å². The third-order valence-corrected chi connectivity index (χ3v) is 5.27. The highest BCUT2D eigenvalue weighted by atomic mass is 16.5. The number of anilines is 1. The second-order valence-electron chi connectivity index (χ2n) is 7.26. The Morgan fingerprint density at radius 1 is 1.00 bits per heavy atom. The first-order valence-electron chi connectivity index (χ1n) is 9.59. The van der Waals surface area contributed by atoms with Crippen LogP contribution in [0.5, 0.6) is 0 Å². The van der Waals surface area contributed by atoms with Crippen molar-refractivity contribution in [2.45, 2.75) is 50.2 Å². The minimum atomic E-state index is -0.650. The van der Waals surface area contributed by atoms with E-state index in [2.05, 4.69) is 25.4 Å². The number of nitrogens with one attached hydrogen (secondary N) is 3. The first kappa shape index (κ1) is 20.8. The number of hydrogen-bond acceptors (Lipinski definition) is 7. The van der Waals surface area contributed by atoms with Crippen molar-refractivity contribution in [3.05, 3.63) is 29.3 Å². The van der Waals surface area contributed by atoms with E-state index in [0.29, 0.717) is 0 Å². The van der Waals surface area contributed by atoms with Crippen molar-refractivity contribution in [2.24, 2.45) is 0 Å². The molecule has 1 aliphatic heterocycles. The van der Waals surface area contributed by atoms with Crippen molar-refractivity contribution in [1.82, 2.24) is 10.6 Å². The number of carbonyl (C=O) groups excluding carboxylic acids is 4. The molecule has 1 saturated heterocycles. The zero-order valence-corrected chi connectivity index (χ0v) is 16.4. The SMILES string of the molecule is COC(=O)c1cc(NC(=O)C[C@H]2N[C@@H]3CCCC[C@@H]3NC2=O)cc(C(=O)OC)c1. The van der Waals surface area contributed by atoms with Crippen LogP contribution in [0.4, 0.5) is 5.69 Å². The van der Waals surface area contributed by atoms with Crippen LogP contribution in [0.15, 0.2) is 18.2 Å². The molecule has 0 spiro atoms. The molecule has 0 unspecified atom stereocenters. The van der Waals surface area contributed by atoms with Gasteiger partial charge in [-0.1, -0.05) is 12.8 Å². The summed E-state index contributed by atoms with van der Waals surface area (Å²) < 4.78 is 9.37. The maximum atomic E-state index is 12.5. The zero-order chi connectivity index (χ0) is 21.0. The van der Waals surface area contributed by atoms with E-state index >= 15 is 0 Å². The van der Waals surface area contributed by atoms with E-state index in [9.17, 15) is 19.2 Å². The van der Waals surface area contributed by atoms with Gasteiger partial charge in [-0.3, -0.25) is 9.59 Å². The Bertz CT molecular complexity index is 790. The molecule has 156 valence electrons. The molecule has 1 aliphatic carbocycles. The number of amides is 2. The molecule has 3 N–H and O–H groups in total. The maximum absolute atomic E-state index is 12.5. The summed E-state index contributed by atoms with van der Waals surface area (Å²) in [5.74, 6) is -1.91. The smallest absolute Gasteiger partial charge is 0.337 e. The van der Waals surface area contributed by atoms with Crippen molar-refractivity contribution < 1.29 is 28.7 Å². The maximum Gasteiger partial charge on any atom is 0.337 e. The second kappa shape index (κ2) is 9.04. The highest BCUT2D eigenvalue weighted by Gasteiger charge is 2.37. The van der Waals surface area contributed by atoms with Gasteiger partial charge in [0.15, 0.2) is 0 Å². The fourth-order valence-corrected chi connectivity index (χ4v) is 3.84. The number of carbonyl (C=O) groups is 4. The molecular formula is C20H25N3O6. The largest absolute Gasteiger partial charge is 0.465 e. The van der Waals surface area contributed by atoms with Crippen LogP contribution in [-0.2, 0) is 19.1 Å². The van der Waals surface area contributed by atoms with E-state index in [4.69, 9.17) is 0 Å². The zero-order valence-electron chi connectivity index (χ0n) is 16.4. The van der Waals surface area contributed by atoms with Gasteiger partial charge in [0.05, 0.1) is 37.8 Å². The van der Waals surface area contributed by atoms with E-state index < -0.39 is 23.9 Å². The molecule has 0 aromatic heterocycles. The number of fused-ring (bicyclic) bond motifs is 1. The van der Waals surface area contributed by atoms with E-state index in [0.717, 1.165) is 25.7 Å². The first-order valence-corrected chi connectivity index (χ1v) is 9.59. The lowest BCUT2D eigenvalue weighted by Crippen LogP contribution is -2.65. The third-order valence-electron chi connectivity index (χ3n) is 5.27. The van der Waals surface area contributed by atoms with Crippen molar-refractivity contribution in [1.29, 1.82) is 0 Å². The predicted octanol–water partition coefficient (Wildman–Crippen LogP) is 0.988. The Kier molecular flexibility index (Phi) is 6.48. The Hall–Kier alpha value is -2.94. The van der Waals surface area contributed by atoms with Crippen molar-refractivity contribution in [3.8, 4) is 0 Å². The molecule has 2 amide bonds. The molecule has 0 radical (unpaired) electrons. The number of benzene rings is 1. The van der Waals surface area contributed by atoms with Gasteiger partial charge in [0.1, 0.15) is 0 Å². The standard InChI is InChI=1S/C20H25N3O6/c1-28-19(26)11-7-12(20(27)29-2)9-13(8-11)21-17(24)10-16-18(25)23-15-6-4-3-5-14(15)22-16/h7-9,14-16,22H,3-6,10H2,1-2H3,(H,21,24)(H,23,25)/t14-,15+,16-/m1/s1. The van der Waals surface area contributed by atoms with Crippen LogP contribution in [0.2, 0.25) is 0 Å². The van der Waals surface area contributed by atoms with Gasteiger partial charge in [0.25, 0.3) is 0 Å². The average Bonchev–Trinajstić information content (AvgIpc) is 2.72. The Balaban J connectivity index is 1.70. The summed E-state index contributed by atoms with van der Waals surface area (Å²) in [5.41, 5.74) is 0.443. The van der Waals surface area contributed by atoms with Crippen LogP contribution in [0.1, 0.15) is 52.8 Å². The van der Waals surface area contributed by atoms with Gasteiger partial charge < -0.3 is 25.4 Å². The topological polar surface area (TPSA) is 123 Å². The summed E-state index contributed by atoms with van der Waals surface area (Å²) in [6.45, 7) is 0. The molecule has 9 nitrogen and oxygen atoms in total. The van der Waals surface area contributed by atoms with Gasteiger partial charge in [0.2, 0.25) is 11.8 Å². The van der Waals surface area contributed by atoms with Gasteiger partial charge in [-0.15, -0.1) is 0 Å². The molecular weight excluding hydrogens is 378 g/mol. The molecule has 1 aromatic rings. The van der Waals surface area contributed by atoms with Gasteiger partial charge in [-0.2, -0.15) is 0 Å². The average molecular weight is 403 g/mol. The van der Waals surface area contributed by atoms with Crippen LogP contribution in [0, 0.1) is 0 Å². The van der Waals surface area contributed by atoms with Crippen LogP contribution < -0.4 is 16.0 Å². The van der Waals surface area contributed by atoms with Crippen LogP contribution in [0.25, 0.3) is 0 Å². The van der Waals surface area contributed by atoms with Gasteiger partial charge >= 0.3 is 11.9 Å². The normalized spacial score (nSPS) is 23.4. The lowest BCUT2D eigenvalue weighted by atomic mass is 9.87. The minimum Gasteiger partial charge on any atom is -0.465 e. The summed E-state index contributed by atoms with van der Waals surface area (Å²) in [5, 5.41) is 8.92. The van der Waals surface area contributed by atoms with Crippen LogP contribution in [-0.4, -0.2) is 56.1 Å². The summed E-state index contributed by atoms with van der Waals surface area (Å²) in [6.07, 6.45) is 4.03. The van der Waals surface area contributed by atoms with E-state index in [1.807, 2.05) is 0 Å². The number of rotatable bonds is 5. The molecule has 1 aromatic carbocycles. The van der Waals surface area contributed by atoms with E-state index in [-0.39, 0.29) is 41.2 Å². The van der Waals surface area contributed by atoms with Gasteiger partial charge in [-0.25, -0.2) is 9.59 Å². The summed E-state index contributed by atoms with van der Waals surface area (Å²) >= 11 is 0. The fraction of sp³-hybridized carbons (Fsp3) is 0.500. The Labute approximate surface area is 168 Å². The number of esters is 2. The highest BCUT2D eigenvalue weighted by Crippen LogP contribution is 2.23. The quantitative estimate of drug-likeness (QED) is 0.627. The molecule has 1 heterocycles. The van der Waals surface area contributed by atoms with E-state index in [1.165, 1.54) is 32.4 Å². The predicted molar refractivity (Wildman–Crippen MR) is 103 cm³/mol. The summed E-state index contributed by atoms with van der Waals surface area (Å²) in [6, 6.07) is 3.80. The molecule has 3 atom stereocenters. The third kappa shape index (κ3) is 4.92. The second-order valence-corrected chi connectivity index (χ2v) is 7.26. The van der Waals surface area contributed by atoms with Gasteiger partial charge in [-0.05, 0) is 31.0 Å². The van der Waals surface area contributed by atoms with Crippen molar-refractivity contribution in [3.63, 3.8) is 0 Å².